The van der Waals surface area contributed by atoms with Crippen LogP contribution in [-0.2, 0) is 16.6 Å². The van der Waals surface area contributed by atoms with Crippen LogP contribution in [-0.4, -0.2) is 15.0 Å². The van der Waals surface area contributed by atoms with Crippen LogP contribution in [0.15, 0.2) is 34.5 Å². The van der Waals surface area contributed by atoms with E-state index in [1.54, 1.807) is 19.1 Å². The van der Waals surface area contributed by atoms with E-state index in [2.05, 4.69) is 10.0 Å². The predicted molar refractivity (Wildman–Crippen MR) is 83.6 cm³/mol. The summed E-state index contributed by atoms with van der Waals surface area (Å²) in [4.78, 5) is 0.952. The van der Waals surface area contributed by atoms with Gasteiger partial charge in [0.05, 0.1) is 5.69 Å². The molecular weight excluding hydrogens is 311 g/mol. The van der Waals surface area contributed by atoms with Gasteiger partial charge in [0, 0.05) is 11.4 Å². The van der Waals surface area contributed by atoms with Gasteiger partial charge in [-0.25, -0.2) is 12.8 Å². The van der Waals surface area contributed by atoms with Crippen LogP contribution in [0.3, 0.4) is 0 Å². The van der Waals surface area contributed by atoms with Gasteiger partial charge in [0.25, 0.3) is 10.0 Å². The zero-order chi connectivity index (χ0) is 15.5. The molecule has 2 rings (SSSR count). The third-order valence-corrected chi connectivity index (χ3v) is 5.83. The lowest BCUT2D eigenvalue weighted by Crippen LogP contribution is -2.12. The Morgan fingerprint density at radius 3 is 2.67 bits per heavy atom. The molecule has 1 aromatic heterocycles. The fourth-order valence-electron chi connectivity index (χ4n) is 1.78. The maximum Gasteiger partial charge on any atom is 0.271 e. The number of halogens is 1. The molecule has 2 aromatic rings. The number of thiophene rings is 1. The summed E-state index contributed by atoms with van der Waals surface area (Å²) >= 11 is 1.22. The van der Waals surface area contributed by atoms with Crippen molar-refractivity contribution in [3.63, 3.8) is 0 Å². The van der Waals surface area contributed by atoms with Gasteiger partial charge in [-0.3, -0.25) is 4.72 Å². The van der Waals surface area contributed by atoms with Crippen molar-refractivity contribution in [2.45, 2.75) is 24.6 Å². The second-order valence-electron chi connectivity index (χ2n) is 4.57. The number of rotatable bonds is 6. The molecule has 0 radical (unpaired) electrons. The third-order valence-electron chi connectivity index (χ3n) is 2.88. The minimum Gasteiger partial charge on any atom is -0.312 e. The number of sulfonamides is 1. The second-order valence-corrected chi connectivity index (χ2v) is 7.64. The summed E-state index contributed by atoms with van der Waals surface area (Å²) in [6.45, 7) is 5.12. The number of hydrogen-bond donors (Lipinski definition) is 2. The molecule has 0 fully saturated rings. The molecule has 0 aliphatic rings. The number of hydrogen-bond acceptors (Lipinski definition) is 4. The molecular formula is C14H17FN2O2S2. The van der Waals surface area contributed by atoms with Crippen molar-refractivity contribution in [1.29, 1.82) is 0 Å². The molecule has 21 heavy (non-hydrogen) atoms. The highest BCUT2D eigenvalue weighted by molar-refractivity contribution is 7.94. The van der Waals surface area contributed by atoms with Gasteiger partial charge >= 0.3 is 0 Å². The average molecular weight is 328 g/mol. The highest BCUT2D eigenvalue weighted by Gasteiger charge is 2.18. The van der Waals surface area contributed by atoms with E-state index >= 15 is 0 Å². The van der Waals surface area contributed by atoms with Crippen molar-refractivity contribution in [2.75, 3.05) is 11.3 Å². The number of nitrogens with one attached hydrogen (secondary N) is 2. The number of anilines is 1. The Bertz CT molecular complexity index is 726. The highest BCUT2D eigenvalue weighted by Crippen LogP contribution is 2.25. The van der Waals surface area contributed by atoms with E-state index in [0.717, 1.165) is 11.4 Å². The fourth-order valence-corrected chi connectivity index (χ4v) is 4.24. The molecule has 0 atom stereocenters. The minimum absolute atomic E-state index is 0.249. The zero-order valence-electron chi connectivity index (χ0n) is 11.8. The summed E-state index contributed by atoms with van der Waals surface area (Å²) in [5.74, 6) is -0.389. The Balaban J connectivity index is 2.19. The van der Waals surface area contributed by atoms with Crippen molar-refractivity contribution >= 4 is 27.0 Å². The molecule has 0 saturated heterocycles. The third kappa shape index (κ3) is 4.03. The van der Waals surface area contributed by atoms with Gasteiger partial charge in [0.15, 0.2) is 0 Å². The molecule has 0 amide bonds. The summed E-state index contributed by atoms with van der Waals surface area (Å²) in [5, 5.41) is 3.15. The molecule has 0 unspecified atom stereocenters. The van der Waals surface area contributed by atoms with E-state index < -0.39 is 10.0 Å². The summed E-state index contributed by atoms with van der Waals surface area (Å²) in [6, 6.07) is 7.33. The monoisotopic (exact) mass is 328 g/mol. The molecule has 0 saturated carbocycles. The molecule has 114 valence electrons. The van der Waals surface area contributed by atoms with Crippen LogP contribution in [0, 0.1) is 12.7 Å². The maximum atomic E-state index is 13.0. The summed E-state index contributed by atoms with van der Waals surface area (Å²) in [6.07, 6.45) is 0. The lowest BCUT2D eigenvalue weighted by molar-refractivity contribution is 0.602. The van der Waals surface area contributed by atoms with Gasteiger partial charge in [0.2, 0.25) is 0 Å². The summed E-state index contributed by atoms with van der Waals surface area (Å²) in [7, 11) is -3.63. The second kappa shape index (κ2) is 6.55. The molecule has 4 nitrogen and oxygen atoms in total. The molecule has 1 aromatic carbocycles. The lowest BCUT2D eigenvalue weighted by atomic mass is 10.2. The SMILES string of the molecule is CCNCc1ccc(S(=O)(=O)Nc2ccc(F)cc2C)s1. The first-order valence-corrected chi connectivity index (χ1v) is 8.80. The number of aryl methyl sites for hydroxylation is 1. The van der Waals surface area contributed by atoms with E-state index in [1.165, 1.54) is 29.5 Å². The molecule has 0 spiro atoms. The zero-order valence-corrected chi connectivity index (χ0v) is 13.4. The summed E-state index contributed by atoms with van der Waals surface area (Å²) < 4.78 is 40.4. The van der Waals surface area contributed by atoms with Crippen molar-refractivity contribution < 1.29 is 12.8 Å². The molecule has 1 heterocycles. The van der Waals surface area contributed by atoms with Crippen LogP contribution in [0.2, 0.25) is 0 Å². The Hall–Kier alpha value is -1.44. The molecule has 0 aliphatic heterocycles. The Labute approximate surface area is 128 Å². The van der Waals surface area contributed by atoms with E-state index in [-0.39, 0.29) is 10.0 Å². The van der Waals surface area contributed by atoms with Crippen molar-refractivity contribution in [2.24, 2.45) is 0 Å². The van der Waals surface area contributed by atoms with E-state index in [4.69, 9.17) is 0 Å². The Morgan fingerprint density at radius 2 is 2.00 bits per heavy atom. The van der Waals surface area contributed by atoms with Gasteiger partial charge < -0.3 is 5.32 Å². The van der Waals surface area contributed by atoms with Gasteiger partial charge in [-0.1, -0.05) is 6.92 Å². The van der Waals surface area contributed by atoms with Crippen LogP contribution >= 0.6 is 11.3 Å². The molecule has 0 aliphatic carbocycles. The normalized spacial score (nSPS) is 11.6. The van der Waals surface area contributed by atoms with Gasteiger partial charge in [-0.2, -0.15) is 0 Å². The molecule has 2 N–H and O–H groups in total. The summed E-state index contributed by atoms with van der Waals surface area (Å²) in [5.41, 5.74) is 0.932. The van der Waals surface area contributed by atoms with Crippen molar-refractivity contribution in [1.82, 2.24) is 5.32 Å². The number of benzene rings is 1. The average Bonchev–Trinajstić information content (AvgIpc) is 2.89. The quantitative estimate of drug-likeness (QED) is 0.856. The van der Waals surface area contributed by atoms with Gasteiger partial charge in [0.1, 0.15) is 10.0 Å². The van der Waals surface area contributed by atoms with Crippen LogP contribution in [0.25, 0.3) is 0 Å². The van der Waals surface area contributed by atoms with Crippen LogP contribution in [0.4, 0.5) is 10.1 Å². The van der Waals surface area contributed by atoms with Crippen molar-refractivity contribution in [3.8, 4) is 0 Å². The van der Waals surface area contributed by atoms with E-state index in [0.29, 0.717) is 17.8 Å². The minimum atomic E-state index is -3.63. The first-order chi connectivity index (χ1) is 9.92. The Kier molecular flexibility index (Phi) is 4.97. The lowest BCUT2D eigenvalue weighted by Gasteiger charge is -2.09. The van der Waals surface area contributed by atoms with Crippen LogP contribution in [0.1, 0.15) is 17.4 Å². The largest absolute Gasteiger partial charge is 0.312 e. The van der Waals surface area contributed by atoms with Crippen LogP contribution in [0.5, 0.6) is 0 Å². The first-order valence-electron chi connectivity index (χ1n) is 6.51. The predicted octanol–water partition coefficient (Wildman–Crippen LogP) is 3.11. The van der Waals surface area contributed by atoms with Crippen molar-refractivity contribution in [3.05, 3.63) is 46.6 Å². The standard InChI is InChI=1S/C14H17FN2O2S2/c1-3-16-9-12-5-7-14(20-12)21(18,19)17-13-6-4-11(15)8-10(13)2/h4-8,16-17H,3,9H2,1-2H3. The van der Waals surface area contributed by atoms with Gasteiger partial charge in [-0.15, -0.1) is 11.3 Å². The molecule has 7 heteroatoms. The highest BCUT2D eigenvalue weighted by atomic mass is 32.2. The molecule has 0 bridgehead atoms. The topological polar surface area (TPSA) is 58.2 Å². The fraction of sp³-hybridized carbons (Fsp3) is 0.286. The van der Waals surface area contributed by atoms with E-state index in [1.807, 2.05) is 6.92 Å². The maximum absolute atomic E-state index is 13.0. The van der Waals surface area contributed by atoms with E-state index in [9.17, 15) is 12.8 Å². The Morgan fingerprint density at radius 1 is 1.24 bits per heavy atom. The smallest absolute Gasteiger partial charge is 0.271 e. The van der Waals surface area contributed by atoms with Gasteiger partial charge in [-0.05, 0) is 49.4 Å². The first kappa shape index (κ1) is 15.9. The van der Waals surface area contributed by atoms with Crippen LogP contribution < -0.4 is 10.0 Å².